The van der Waals surface area contributed by atoms with Gasteiger partial charge in [0.05, 0.1) is 41.4 Å². The van der Waals surface area contributed by atoms with E-state index in [9.17, 15) is 0 Å². The van der Waals surface area contributed by atoms with E-state index >= 15 is 0 Å². The number of rotatable bonds is 5. The summed E-state index contributed by atoms with van der Waals surface area (Å²) in [6.45, 7) is 2.10. The van der Waals surface area contributed by atoms with Gasteiger partial charge < -0.3 is 20.6 Å². The van der Waals surface area contributed by atoms with Gasteiger partial charge in [-0.25, -0.2) is 19.9 Å². The number of benzene rings is 1. The summed E-state index contributed by atoms with van der Waals surface area (Å²) in [5.74, 6) is 2.61. The molecule has 0 bridgehead atoms. The van der Waals surface area contributed by atoms with Gasteiger partial charge in [-0.2, -0.15) is 0 Å². The monoisotopic (exact) mass is 513 g/mol. The predicted molar refractivity (Wildman–Crippen MR) is 145 cm³/mol. The van der Waals surface area contributed by atoms with E-state index < -0.39 is 0 Å². The molecule has 7 rings (SSSR count). The van der Waals surface area contributed by atoms with Crippen molar-refractivity contribution in [3.63, 3.8) is 0 Å². The fourth-order valence-corrected chi connectivity index (χ4v) is 5.17. The van der Waals surface area contributed by atoms with Crippen molar-refractivity contribution in [2.75, 3.05) is 13.1 Å². The van der Waals surface area contributed by atoms with Crippen LogP contribution in [-0.4, -0.2) is 48.0 Å². The molecule has 0 unspecified atom stereocenters. The third kappa shape index (κ3) is 4.61. The summed E-state index contributed by atoms with van der Waals surface area (Å²) in [4.78, 5) is 30.1. The van der Waals surface area contributed by atoms with Gasteiger partial charge in [0.1, 0.15) is 17.3 Å². The number of pyridine rings is 1. The van der Waals surface area contributed by atoms with Gasteiger partial charge in [0.2, 0.25) is 0 Å². The van der Waals surface area contributed by atoms with Crippen molar-refractivity contribution in [3.05, 3.63) is 66.8 Å². The summed E-state index contributed by atoms with van der Waals surface area (Å²) in [5, 5.41) is 7.94. The maximum Gasteiger partial charge on any atom is 0.178 e. The quantitative estimate of drug-likeness (QED) is 0.268. The molecule has 0 aliphatic carbocycles. The molecular weight excluding hydrogens is 486 g/mol. The number of aromatic nitrogens is 7. The minimum absolute atomic E-state index is 0. The zero-order valence-electron chi connectivity index (χ0n) is 20.2. The number of halogens is 1. The summed E-state index contributed by atoms with van der Waals surface area (Å²) in [5.41, 5.74) is 5.67. The van der Waals surface area contributed by atoms with Crippen LogP contribution in [0.25, 0.3) is 44.9 Å². The molecule has 37 heavy (non-hydrogen) atoms. The second-order valence-corrected chi connectivity index (χ2v) is 9.56. The van der Waals surface area contributed by atoms with Crippen molar-refractivity contribution in [1.82, 2.24) is 45.5 Å². The molecule has 6 heterocycles. The minimum atomic E-state index is 0. The molecule has 2 fully saturated rings. The topological polar surface area (TPSA) is 120 Å². The van der Waals surface area contributed by atoms with Gasteiger partial charge in [0.25, 0.3) is 0 Å². The standard InChI is InChI=1S/C27H27N9.ClH/c1-3-20(28-9-1)25-32-14-23(35-25)16-5-7-19-18(11-16)13-31-27(34-19)22-8-6-17(12-30-22)24-15-33-26(36-24)21-4-2-10-29-21;/h5-8,11-15,20-21,28-29H,1-4,9-10H2,(H,32,35)(H,33,36);1H/t20-,21-;/m0./s1. The number of hydrogen-bond acceptors (Lipinski definition) is 7. The Morgan fingerprint density at radius 3 is 1.97 bits per heavy atom. The molecule has 0 amide bonds. The zero-order valence-corrected chi connectivity index (χ0v) is 21.1. The molecule has 4 N–H and O–H groups in total. The lowest BCUT2D eigenvalue weighted by Crippen LogP contribution is -2.14. The van der Waals surface area contributed by atoms with Gasteiger partial charge in [-0.1, -0.05) is 6.07 Å². The second kappa shape index (κ2) is 10.0. The van der Waals surface area contributed by atoms with E-state index in [0.29, 0.717) is 17.9 Å². The Morgan fingerprint density at radius 1 is 0.676 bits per heavy atom. The normalized spacial score (nSPS) is 19.4. The van der Waals surface area contributed by atoms with Gasteiger partial charge in [-0.3, -0.25) is 4.98 Å². The molecule has 9 nitrogen and oxygen atoms in total. The largest absolute Gasteiger partial charge is 0.341 e. The lowest BCUT2D eigenvalue weighted by Gasteiger charge is -2.06. The fourth-order valence-electron chi connectivity index (χ4n) is 5.17. The number of fused-ring (bicyclic) bond motifs is 1. The molecule has 2 atom stereocenters. The van der Waals surface area contributed by atoms with Crippen LogP contribution in [0.4, 0.5) is 0 Å². The zero-order chi connectivity index (χ0) is 23.9. The molecule has 0 radical (unpaired) electrons. The van der Waals surface area contributed by atoms with Crippen LogP contribution in [0.15, 0.2) is 55.1 Å². The van der Waals surface area contributed by atoms with Crippen molar-refractivity contribution in [2.45, 2.75) is 37.8 Å². The van der Waals surface area contributed by atoms with Gasteiger partial charge in [0.15, 0.2) is 5.82 Å². The SMILES string of the molecule is Cl.c1cc(-c2ncc3cc(-c4cnc([C@@H]5CCCN5)[nH]4)ccc3n2)ncc1-c1cnc([C@@H]2CCCN2)[nH]1. The highest BCUT2D eigenvalue weighted by atomic mass is 35.5. The van der Waals surface area contributed by atoms with Crippen molar-refractivity contribution >= 4 is 23.3 Å². The highest BCUT2D eigenvalue weighted by Gasteiger charge is 2.20. The van der Waals surface area contributed by atoms with E-state index in [4.69, 9.17) is 4.98 Å². The molecule has 2 aliphatic rings. The van der Waals surface area contributed by atoms with Crippen LogP contribution in [0, 0.1) is 0 Å². The highest BCUT2D eigenvalue weighted by Crippen LogP contribution is 2.28. The summed E-state index contributed by atoms with van der Waals surface area (Å²) >= 11 is 0. The van der Waals surface area contributed by atoms with E-state index in [1.807, 2.05) is 43.0 Å². The lowest BCUT2D eigenvalue weighted by atomic mass is 10.1. The highest BCUT2D eigenvalue weighted by molar-refractivity contribution is 5.85. The van der Waals surface area contributed by atoms with Gasteiger partial charge in [-0.05, 0) is 63.0 Å². The van der Waals surface area contributed by atoms with Crippen molar-refractivity contribution in [1.29, 1.82) is 0 Å². The van der Waals surface area contributed by atoms with E-state index in [2.05, 4.69) is 52.7 Å². The van der Waals surface area contributed by atoms with Gasteiger partial charge in [-0.15, -0.1) is 12.4 Å². The fraction of sp³-hybridized carbons (Fsp3) is 0.296. The third-order valence-electron chi connectivity index (χ3n) is 7.17. The van der Waals surface area contributed by atoms with Gasteiger partial charge >= 0.3 is 0 Å². The van der Waals surface area contributed by atoms with E-state index in [1.165, 1.54) is 12.8 Å². The lowest BCUT2D eigenvalue weighted by molar-refractivity contribution is 0.613. The van der Waals surface area contributed by atoms with Crippen LogP contribution < -0.4 is 10.6 Å². The van der Waals surface area contributed by atoms with Crippen LogP contribution in [-0.2, 0) is 0 Å². The molecule has 188 valence electrons. The summed E-state index contributed by atoms with van der Waals surface area (Å²) in [6.07, 6.45) is 12.1. The maximum absolute atomic E-state index is 4.77. The van der Waals surface area contributed by atoms with E-state index in [1.54, 1.807) is 0 Å². The summed E-state index contributed by atoms with van der Waals surface area (Å²) in [6, 6.07) is 10.8. The van der Waals surface area contributed by atoms with Crippen LogP contribution in [0.1, 0.15) is 49.4 Å². The molecule has 4 aromatic heterocycles. The first kappa shape index (κ1) is 23.7. The Hall–Kier alpha value is -3.66. The first-order valence-corrected chi connectivity index (χ1v) is 12.6. The first-order chi connectivity index (χ1) is 17.8. The number of imidazole rings is 2. The summed E-state index contributed by atoms with van der Waals surface area (Å²) in [7, 11) is 0. The molecule has 10 heteroatoms. The third-order valence-corrected chi connectivity index (χ3v) is 7.17. The van der Waals surface area contributed by atoms with Crippen LogP contribution in [0.2, 0.25) is 0 Å². The van der Waals surface area contributed by atoms with Gasteiger partial charge in [0, 0.05) is 28.9 Å². The Balaban J connectivity index is 0.00000252. The maximum atomic E-state index is 4.77. The van der Waals surface area contributed by atoms with Crippen molar-refractivity contribution in [2.24, 2.45) is 0 Å². The molecule has 2 aliphatic heterocycles. The molecule has 2 saturated heterocycles. The second-order valence-electron chi connectivity index (χ2n) is 9.56. The van der Waals surface area contributed by atoms with Crippen molar-refractivity contribution in [3.8, 4) is 34.0 Å². The van der Waals surface area contributed by atoms with Crippen molar-refractivity contribution < 1.29 is 0 Å². The average Bonchev–Trinajstić information content (AvgIpc) is 3.75. The minimum Gasteiger partial charge on any atom is -0.341 e. The van der Waals surface area contributed by atoms with E-state index in [0.717, 1.165) is 76.7 Å². The number of nitrogens with zero attached hydrogens (tertiary/aromatic N) is 5. The number of hydrogen-bond donors (Lipinski definition) is 4. The first-order valence-electron chi connectivity index (χ1n) is 12.6. The number of aromatic amines is 2. The molecule has 1 aromatic carbocycles. The van der Waals surface area contributed by atoms with Crippen LogP contribution in [0.3, 0.4) is 0 Å². The van der Waals surface area contributed by atoms with Crippen LogP contribution in [0.5, 0.6) is 0 Å². The summed E-state index contributed by atoms with van der Waals surface area (Å²) < 4.78 is 0. The molecule has 0 saturated carbocycles. The number of H-pyrrole nitrogens is 2. The molecule has 5 aromatic rings. The molecule has 0 spiro atoms. The Labute approximate surface area is 220 Å². The average molecular weight is 514 g/mol. The Kier molecular flexibility index (Phi) is 6.42. The Bertz CT molecular complexity index is 1510. The molecular formula is C27H28ClN9. The van der Waals surface area contributed by atoms with Crippen LogP contribution >= 0.6 is 12.4 Å². The Morgan fingerprint density at radius 2 is 1.35 bits per heavy atom. The predicted octanol–water partition coefficient (Wildman–Crippen LogP) is 4.74. The number of nitrogens with one attached hydrogen (secondary N) is 4. The smallest absolute Gasteiger partial charge is 0.178 e. The van der Waals surface area contributed by atoms with E-state index in [-0.39, 0.29) is 12.4 Å².